The number of nitrogens with one attached hydrogen (secondary N) is 2. The van der Waals surface area contributed by atoms with Crippen LogP contribution in [0.4, 0.5) is 0 Å². The van der Waals surface area contributed by atoms with Gasteiger partial charge in [-0.1, -0.05) is 34.1 Å². The molecule has 3 rings (SSSR count). The van der Waals surface area contributed by atoms with Gasteiger partial charge in [0.1, 0.15) is 0 Å². The van der Waals surface area contributed by atoms with Crippen LogP contribution in [-0.4, -0.2) is 35.4 Å². The molecule has 154 valence electrons. The van der Waals surface area contributed by atoms with Crippen molar-refractivity contribution in [2.45, 2.75) is 45.4 Å². The molecule has 1 fully saturated rings. The molecule has 0 amide bonds. The zero-order valence-corrected chi connectivity index (χ0v) is 21.1. The Hall–Kier alpha value is -1.09. The Morgan fingerprint density at radius 3 is 2.54 bits per heavy atom. The number of aliphatic imine (C=N–C) groups is 1. The fraction of sp³-hybridized carbons (Fsp3) is 0.524. The van der Waals surface area contributed by atoms with E-state index in [-0.39, 0.29) is 29.4 Å². The van der Waals surface area contributed by atoms with Gasteiger partial charge in [0.25, 0.3) is 0 Å². The quantitative estimate of drug-likeness (QED) is 0.303. The zero-order valence-electron chi connectivity index (χ0n) is 17.2. The molecule has 7 heteroatoms. The van der Waals surface area contributed by atoms with Crippen molar-refractivity contribution in [3.05, 3.63) is 51.3 Å². The summed E-state index contributed by atoms with van der Waals surface area (Å²) in [6.07, 6.45) is 3.35. The number of benzene rings is 1. The number of hydrogen-bond acceptors (Lipinski definition) is 2. The van der Waals surface area contributed by atoms with E-state index in [1.165, 1.54) is 34.1 Å². The van der Waals surface area contributed by atoms with E-state index in [1.807, 2.05) is 11.7 Å². The highest BCUT2D eigenvalue weighted by molar-refractivity contribution is 14.0. The molecule has 2 aromatic rings. The molecule has 2 N–H and O–H groups in total. The molecule has 28 heavy (non-hydrogen) atoms. The number of guanidine groups is 1. The molecule has 0 saturated heterocycles. The summed E-state index contributed by atoms with van der Waals surface area (Å²) >= 11 is 3.71. The Bertz CT molecular complexity index is 826. The molecule has 5 nitrogen and oxygen atoms in total. The molecule has 0 aliphatic heterocycles. The summed E-state index contributed by atoms with van der Waals surface area (Å²) in [5, 5.41) is 11.4. The minimum absolute atomic E-state index is 0. The first-order valence-electron chi connectivity index (χ1n) is 9.73. The summed E-state index contributed by atoms with van der Waals surface area (Å²) in [4.78, 5) is 4.90. The van der Waals surface area contributed by atoms with Gasteiger partial charge in [-0.25, -0.2) is 0 Å². The number of rotatable bonds is 7. The molecule has 0 radical (unpaired) electrons. The fourth-order valence-electron chi connectivity index (χ4n) is 3.61. The van der Waals surface area contributed by atoms with E-state index in [4.69, 9.17) is 4.99 Å². The monoisotopic (exact) mass is 559 g/mol. The predicted molar refractivity (Wildman–Crippen MR) is 131 cm³/mol. The standard InChI is InChI=1S/C21H30BrN5.HI/c1-5-23-20(24-13-10-17-15(2)26-27(4)16(17)3)25-14-21(11-12-21)18-8-6-7-9-19(18)22;/h6-9H,5,10-14H2,1-4H3,(H2,23,24,25);1H. The minimum Gasteiger partial charge on any atom is -0.357 e. The lowest BCUT2D eigenvalue weighted by molar-refractivity contribution is 0.688. The SMILES string of the molecule is CCNC(=NCC1(c2ccccc2Br)CC1)NCCc1c(C)nn(C)c1C.I. The second-order valence-corrected chi connectivity index (χ2v) is 8.26. The highest BCUT2D eigenvalue weighted by Crippen LogP contribution is 2.50. The summed E-state index contributed by atoms with van der Waals surface area (Å²) < 4.78 is 3.15. The number of halogens is 2. The van der Waals surface area contributed by atoms with Gasteiger partial charge in [0.15, 0.2) is 5.96 Å². The topological polar surface area (TPSA) is 54.2 Å². The number of nitrogens with zero attached hydrogens (tertiary/aromatic N) is 3. The third-order valence-corrected chi connectivity index (χ3v) is 6.20. The molecule has 0 atom stereocenters. The van der Waals surface area contributed by atoms with Crippen LogP contribution >= 0.6 is 39.9 Å². The van der Waals surface area contributed by atoms with Crippen molar-refractivity contribution in [3.8, 4) is 0 Å². The summed E-state index contributed by atoms with van der Waals surface area (Å²) in [6, 6.07) is 8.54. The second kappa shape index (κ2) is 10.1. The molecule has 1 aliphatic rings. The highest BCUT2D eigenvalue weighted by Gasteiger charge is 2.45. The van der Waals surface area contributed by atoms with Gasteiger partial charge in [0.05, 0.1) is 12.2 Å². The maximum Gasteiger partial charge on any atom is 0.191 e. The van der Waals surface area contributed by atoms with Crippen LogP contribution in [0.3, 0.4) is 0 Å². The van der Waals surface area contributed by atoms with Crippen molar-refractivity contribution < 1.29 is 0 Å². The average Bonchev–Trinajstić information content (AvgIpc) is 3.39. The highest BCUT2D eigenvalue weighted by atomic mass is 127. The van der Waals surface area contributed by atoms with E-state index in [0.29, 0.717) is 0 Å². The van der Waals surface area contributed by atoms with Crippen LogP contribution in [0.2, 0.25) is 0 Å². The Balaban J connectivity index is 0.00000280. The lowest BCUT2D eigenvalue weighted by Crippen LogP contribution is -2.39. The minimum atomic E-state index is 0. The average molecular weight is 560 g/mol. The van der Waals surface area contributed by atoms with E-state index in [2.05, 4.69) is 76.7 Å². The smallest absolute Gasteiger partial charge is 0.191 e. The molecule has 1 heterocycles. The Kier molecular flexibility index (Phi) is 8.36. The zero-order chi connectivity index (χ0) is 19.4. The van der Waals surface area contributed by atoms with Gasteiger partial charge >= 0.3 is 0 Å². The molecule has 1 aliphatic carbocycles. The molecule has 0 spiro atoms. The number of aryl methyl sites for hydroxylation is 2. The van der Waals surface area contributed by atoms with E-state index < -0.39 is 0 Å². The lowest BCUT2D eigenvalue weighted by Gasteiger charge is -2.17. The second-order valence-electron chi connectivity index (χ2n) is 7.41. The van der Waals surface area contributed by atoms with Crippen molar-refractivity contribution >= 4 is 45.9 Å². The number of hydrogen-bond donors (Lipinski definition) is 2. The van der Waals surface area contributed by atoms with Gasteiger partial charge in [-0.2, -0.15) is 5.10 Å². The van der Waals surface area contributed by atoms with E-state index in [1.54, 1.807) is 0 Å². The molecular formula is C21H31BrIN5. The molecule has 0 unspecified atom stereocenters. The maximum absolute atomic E-state index is 4.90. The van der Waals surface area contributed by atoms with Crippen LogP contribution in [0.15, 0.2) is 33.7 Å². The van der Waals surface area contributed by atoms with Crippen molar-refractivity contribution in [1.82, 2.24) is 20.4 Å². The van der Waals surface area contributed by atoms with Crippen molar-refractivity contribution in [3.63, 3.8) is 0 Å². The van der Waals surface area contributed by atoms with Crippen LogP contribution in [0.1, 0.15) is 42.3 Å². The molecule has 1 aromatic carbocycles. The van der Waals surface area contributed by atoms with Crippen LogP contribution in [0.25, 0.3) is 0 Å². The summed E-state index contributed by atoms with van der Waals surface area (Å²) in [6.45, 7) is 8.84. The van der Waals surface area contributed by atoms with Crippen LogP contribution in [0.5, 0.6) is 0 Å². The molecule has 0 bridgehead atoms. The van der Waals surface area contributed by atoms with Crippen LogP contribution in [0, 0.1) is 13.8 Å². The van der Waals surface area contributed by atoms with E-state index in [9.17, 15) is 0 Å². The van der Waals surface area contributed by atoms with Gasteiger partial charge in [-0.15, -0.1) is 24.0 Å². The third-order valence-electron chi connectivity index (χ3n) is 5.51. The first-order valence-corrected chi connectivity index (χ1v) is 10.5. The van der Waals surface area contributed by atoms with Gasteiger partial charge in [-0.05, 0) is 57.2 Å². The van der Waals surface area contributed by atoms with Crippen molar-refractivity contribution in [1.29, 1.82) is 0 Å². The van der Waals surface area contributed by atoms with Gasteiger partial charge in [-0.3, -0.25) is 9.67 Å². The Labute approximate surface area is 193 Å². The largest absolute Gasteiger partial charge is 0.357 e. The summed E-state index contributed by atoms with van der Waals surface area (Å²) in [5.74, 6) is 0.898. The fourth-order valence-corrected chi connectivity index (χ4v) is 4.32. The third kappa shape index (κ3) is 5.28. The van der Waals surface area contributed by atoms with Crippen molar-refractivity contribution in [2.75, 3.05) is 19.6 Å². The Morgan fingerprint density at radius 1 is 1.25 bits per heavy atom. The normalized spacial score (nSPS) is 15.1. The van der Waals surface area contributed by atoms with Gasteiger partial charge in [0, 0.05) is 35.7 Å². The summed E-state index contributed by atoms with van der Waals surface area (Å²) in [7, 11) is 2.00. The first kappa shape index (κ1) is 23.2. The molecular weight excluding hydrogens is 529 g/mol. The lowest BCUT2D eigenvalue weighted by atomic mass is 9.96. The first-order chi connectivity index (χ1) is 13.0. The van der Waals surface area contributed by atoms with E-state index in [0.717, 1.165) is 37.7 Å². The summed E-state index contributed by atoms with van der Waals surface area (Å²) in [5.41, 5.74) is 5.25. The van der Waals surface area contributed by atoms with Crippen LogP contribution in [-0.2, 0) is 18.9 Å². The Morgan fingerprint density at radius 2 is 1.96 bits per heavy atom. The number of aromatic nitrogens is 2. The van der Waals surface area contributed by atoms with Crippen molar-refractivity contribution in [2.24, 2.45) is 12.0 Å². The molecule has 1 saturated carbocycles. The maximum atomic E-state index is 4.90. The van der Waals surface area contributed by atoms with Gasteiger partial charge < -0.3 is 10.6 Å². The predicted octanol–water partition coefficient (Wildman–Crippen LogP) is 4.25. The van der Waals surface area contributed by atoms with Gasteiger partial charge in [0.2, 0.25) is 0 Å². The van der Waals surface area contributed by atoms with Crippen LogP contribution < -0.4 is 10.6 Å². The molecule has 1 aromatic heterocycles. The van der Waals surface area contributed by atoms with E-state index >= 15 is 0 Å².